The van der Waals surface area contributed by atoms with Crippen molar-refractivity contribution >= 4 is 5.97 Å². The van der Waals surface area contributed by atoms with E-state index in [-0.39, 0.29) is 6.42 Å². The first kappa shape index (κ1) is 27.4. The van der Waals surface area contributed by atoms with E-state index in [4.69, 9.17) is 5.11 Å². The molecular formula is C25H50O3. The fraction of sp³-hybridized carbons (Fsp3) is 0.960. The van der Waals surface area contributed by atoms with E-state index in [0.29, 0.717) is 6.42 Å². The largest absolute Gasteiger partial charge is 0.481 e. The van der Waals surface area contributed by atoms with Crippen LogP contribution in [0, 0.1) is 0 Å². The highest BCUT2D eigenvalue weighted by molar-refractivity contribution is 5.66. The van der Waals surface area contributed by atoms with E-state index in [0.717, 1.165) is 12.8 Å². The van der Waals surface area contributed by atoms with Gasteiger partial charge >= 0.3 is 5.97 Å². The number of aliphatic carboxylic acids is 1. The molecule has 3 nitrogen and oxygen atoms in total. The summed E-state index contributed by atoms with van der Waals surface area (Å²) in [4.78, 5) is 10.4. The number of carbonyl (C=O) groups is 1. The van der Waals surface area contributed by atoms with Crippen LogP contribution < -0.4 is 0 Å². The maximum Gasteiger partial charge on any atom is 0.303 e. The average molecular weight is 399 g/mol. The van der Waals surface area contributed by atoms with E-state index in [1.54, 1.807) is 0 Å². The topological polar surface area (TPSA) is 57.5 Å². The van der Waals surface area contributed by atoms with E-state index in [1.165, 1.54) is 116 Å². The molecule has 1 atom stereocenters. The van der Waals surface area contributed by atoms with Crippen molar-refractivity contribution in [3.63, 3.8) is 0 Å². The highest BCUT2D eigenvalue weighted by Gasteiger charge is 2.06. The fourth-order valence-electron chi connectivity index (χ4n) is 3.89. The SMILES string of the molecule is CCCCCCCCCCCCCCCCCCCCCC(O)CCC(=O)O. The Morgan fingerprint density at radius 1 is 0.571 bits per heavy atom. The van der Waals surface area contributed by atoms with Crippen molar-refractivity contribution in [1.82, 2.24) is 0 Å². The molecule has 2 N–H and O–H groups in total. The molecule has 3 heteroatoms. The lowest BCUT2D eigenvalue weighted by molar-refractivity contribution is -0.137. The lowest BCUT2D eigenvalue weighted by Crippen LogP contribution is -2.09. The van der Waals surface area contributed by atoms with Gasteiger partial charge in [-0.3, -0.25) is 4.79 Å². The molecule has 0 aliphatic heterocycles. The van der Waals surface area contributed by atoms with Crippen LogP contribution in [0.25, 0.3) is 0 Å². The number of unbranched alkanes of at least 4 members (excludes halogenated alkanes) is 18. The van der Waals surface area contributed by atoms with Crippen LogP contribution in [0.15, 0.2) is 0 Å². The van der Waals surface area contributed by atoms with E-state index >= 15 is 0 Å². The van der Waals surface area contributed by atoms with E-state index in [1.807, 2.05) is 0 Å². The van der Waals surface area contributed by atoms with Crippen LogP contribution in [0.5, 0.6) is 0 Å². The van der Waals surface area contributed by atoms with Gasteiger partial charge in [0.15, 0.2) is 0 Å². The molecule has 0 amide bonds. The van der Waals surface area contributed by atoms with Crippen molar-refractivity contribution in [3.8, 4) is 0 Å². The van der Waals surface area contributed by atoms with Gasteiger partial charge in [-0.25, -0.2) is 0 Å². The van der Waals surface area contributed by atoms with E-state index in [2.05, 4.69) is 6.92 Å². The first-order valence-electron chi connectivity index (χ1n) is 12.6. The summed E-state index contributed by atoms with van der Waals surface area (Å²) in [6.45, 7) is 2.28. The highest BCUT2D eigenvalue weighted by Crippen LogP contribution is 2.15. The Balaban J connectivity index is 3.07. The summed E-state index contributed by atoms with van der Waals surface area (Å²) >= 11 is 0. The van der Waals surface area contributed by atoms with Crippen LogP contribution in [0.2, 0.25) is 0 Å². The molecule has 28 heavy (non-hydrogen) atoms. The molecule has 0 aliphatic rings. The van der Waals surface area contributed by atoms with Crippen molar-refractivity contribution in [1.29, 1.82) is 0 Å². The van der Waals surface area contributed by atoms with E-state index < -0.39 is 12.1 Å². The summed E-state index contributed by atoms with van der Waals surface area (Å²) in [6, 6.07) is 0. The average Bonchev–Trinajstić information content (AvgIpc) is 2.68. The molecule has 0 aromatic rings. The van der Waals surface area contributed by atoms with Gasteiger partial charge in [-0.2, -0.15) is 0 Å². The van der Waals surface area contributed by atoms with Crippen LogP contribution >= 0.6 is 0 Å². The van der Waals surface area contributed by atoms with Gasteiger partial charge in [-0.1, -0.05) is 129 Å². The summed E-state index contributed by atoms with van der Waals surface area (Å²) in [5.74, 6) is -0.813. The summed E-state index contributed by atoms with van der Waals surface area (Å²) in [5, 5.41) is 18.3. The Morgan fingerprint density at radius 2 is 0.893 bits per heavy atom. The summed E-state index contributed by atoms with van der Waals surface area (Å²) in [6.07, 6.45) is 26.8. The second-order valence-electron chi connectivity index (χ2n) is 8.74. The van der Waals surface area contributed by atoms with Crippen LogP contribution in [-0.4, -0.2) is 22.3 Å². The Labute approximate surface area is 175 Å². The van der Waals surface area contributed by atoms with Gasteiger partial charge in [-0.05, 0) is 12.8 Å². The molecule has 0 fully saturated rings. The zero-order valence-corrected chi connectivity index (χ0v) is 18.9. The smallest absolute Gasteiger partial charge is 0.303 e. The minimum Gasteiger partial charge on any atom is -0.481 e. The standard InChI is InChI=1S/C25H50O3/c1-2-3-4-5-6-7-8-9-10-11-12-13-14-15-16-17-18-19-20-21-24(26)22-23-25(27)28/h24,26H,2-23H2,1H3,(H,27,28). The highest BCUT2D eigenvalue weighted by atomic mass is 16.4. The Hall–Kier alpha value is -0.570. The molecule has 0 bridgehead atoms. The molecule has 0 aliphatic carbocycles. The van der Waals surface area contributed by atoms with Gasteiger partial charge in [-0.15, -0.1) is 0 Å². The third-order valence-corrected chi connectivity index (χ3v) is 5.83. The molecule has 0 saturated carbocycles. The quantitative estimate of drug-likeness (QED) is 0.171. The van der Waals surface area contributed by atoms with Gasteiger partial charge < -0.3 is 10.2 Å². The summed E-state index contributed by atoms with van der Waals surface area (Å²) < 4.78 is 0. The van der Waals surface area contributed by atoms with Crippen LogP contribution in [0.3, 0.4) is 0 Å². The van der Waals surface area contributed by atoms with Gasteiger partial charge in [0.1, 0.15) is 0 Å². The first-order chi connectivity index (χ1) is 13.7. The predicted molar refractivity (Wildman–Crippen MR) is 121 cm³/mol. The molecule has 0 aromatic heterocycles. The van der Waals surface area contributed by atoms with E-state index in [9.17, 15) is 9.90 Å². The van der Waals surface area contributed by atoms with Crippen LogP contribution in [-0.2, 0) is 4.79 Å². The van der Waals surface area contributed by atoms with Gasteiger partial charge in [0.2, 0.25) is 0 Å². The Morgan fingerprint density at radius 3 is 1.21 bits per heavy atom. The third kappa shape index (κ3) is 23.5. The fourth-order valence-corrected chi connectivity index (χ4v) is 3.89. The Kier molecular flexibility index (Phi) is 22.3. The number of aliphatic hydroxyl groups excluding tert-OH is 1. The lowest BCUT2D eigenvalue weighted by atomic mass is 10.0. The zero-order valence-electron chi connectivity index (χ0n) is 18.9. The molecule has 0 rings (SSSR count). The summed E-state index contributed by atoms with van der Waals surface area (Å²) in [5.41, 5.74) is 0. The van der Waals surface area contributed by atoms with Crippen molar-refractivity contribution in [2.45, 2.75) is 154 Å². The van der Waals surface area contributed by atoms with Gasteiger partial charge in [0.25, 0.3) is 0 Å². The lowest BCUT2D eigenvalue weighted by Gasteiger charge is -2.08. The number of hydrogen-bond acceptors (Lipinski definition) is 2. The number of rotatable bonds is 23. The zero-order chi connectivity index (χ0) is 20.7. The number of aliphatic hydroxyl groups is 1. The number of hydrogen-bond donors (Lipinski definition) is 2. The van der Waals surface area contributed by atoms with Crippen LogP contribution in [0.4, 0.5) is 0 Å². The first-order valence-corrected chi connectivity index (χ1v) is 12.6. The van der Waals surface area contributed by atoms with Gasteiger partial charge in [0.05, 0.1) is 6.10 Å². The molecule has 1 unspecified atom stereocenters. The molecule has 0 heterocycles. The van der Waals surface area contributed by atoms with Crippen molar-refractivity contribution in [2.75, 3.05) is 0 Å². The number of carboxylic acid groups (broad SMARTS) is 1. The minimum atomic E-state index is -0.813. The predicted octanol–water partition coefficient (Wildman–Crippen LogP) is 8.03. The monoisotopic (exact) mass is 398 g/mol. The molecule has 168 valence electrons. The molecule has 0 aromatic carbocycles. The van der Waals surface area contributed by atoms with Crippen molar-refractivity contribution in [2.24, 2.45) is 0 Å². The van der Waals surface area contributed by atoms with Crippen LogP contribution in [0.1, 0.15) is 148 Å². The third-order valence-electron chi connectivity index (χ3n) is 5.83. The second-order valence-corrected chi connectivity index (χ2v) is 8.74. The molecule has 0 spiro atoms. The molecule has 0 saturated heterocycles. The maximum absolute atomic E-state index is 10.4. The maximum atomic E-state index is 10.4. The molecule has 0 radical (unpaired) electrons. The second kappa shape index (κ2) is 22.7. The molecular weight excluding hydrogens is 348 g/mol. The Bertz CT molecular complexity index is 317. The van der Waals surface area contributed by atoms with Crippen molar-refractivity contribution < 1.29 is 15.0 Å². The number of carboxylic acids is 1. The van der Waals surface area contributed by atoms with Crippen molar-refractivity contribution in [3.05, 3.63) is 0 Å². The normalized spacial score (nSPS) is 12.4. The minimum absolute atomic E-state index is 0.0836. The summed E-state index contributed by atoms with van der Waals surface area (Å²) in [7, 11) is 0. The van der Waals surface area contributed by atoms with Gasteiger partial charge in [0, 0.05) is 6.42 Å².